The average molecular weight is 452 g/mol. The van der Waals surface area contributed by atoms with Gasteiger partial charge in [-0.3, -0.25) is 9.69 Å². The number of pyridine rings is 1. The Hall–Kier alpha value is -2.20. The molecule has 0 aliphatic carbocycles. The van der Waals surface area contributed by atoms with Crippen molar-refractivity contribution in [3.05, 3.63) is 47.6 Å². The molecule has 1 atom stereocenters. The summed E-state index contributed by atoms with van der Waals surface area (Å²) in [7, 11) is -0.611. The molecular formula is C20H26ClN5O3S. The number of hydrogen-bond acceptors (Lipinski definition) is 6. The van der Waals surface area contributed by atoms with Crippen molar-refractivity contribution >= 4 is 39.0 Å². The summed E-state index contributed by atoms with van der Waals surface area (Å²) in [6, 6.07) is 9.65. The maximum Gasteiger partial charge on any atom is 0.242 e. The molecule has 1 aliphatic rings. The zero-order chi connectivity index (χ0) is 21.9. The van der Waals surface area contributed by atoms with Gasteiger partial charge < -0.3 is 10.2 Å². The zero-order valence-electron chi connectivity index (χ0n) is 17.2. The Labute approximate surface area is 182 Å². The Bertz CT molecular complexity index is 990. The monoisotopic (exact) mass is 451 g/mol. The van der Waals surface area contributed by atoms with Crippen LogP contribution >= 0.6 is 11.6 Å². The van der Waals surface area contributed by atoms with Crippen LogP contribution in [0, 0.1) is 0 Å². The summed E-state index contributed by atoms with van der Waals surface area (Å²) in [5.74, 6) is 0.697. The normalized spacial score (nSPS) is 16.5. The Morgan fingerprint density at radius 2 is 1.87 bits per heavy atom. The number of nitrogens with one attached hydrogen (secondary N) is 1. The van der Waals surface area contributed by atoms with Crippen LogP contribution in [0.4, 0.5) is 11.5 Å². The first-order chi connectivity index (χ1) is 14.2. The molecule has 1 aromatic carbocycles. The highest BCUT2D eigenvalue weighted by Crippen LogP contribution is 2.20. The van der Waals surface area contributed by atoms with Crippen molar-refractivity contribution in [2.24, 2.45) is 0 Å². The van der Waals surface area contributed by atoms with E-state index in [1.807, 2.05) is 19.1 Å². The van der Waals surface area contributed by atoms with Gasteiger partial charge in [-0.25, -0.2) is 17.7 Å². The highest BCUT2D eigenvalue weighted by molar-refractivity contribution is 7.89. The molecule has 1 amide bonds. The van der Waals surface area contributed by atoms with E-state index >= 15 is 0 Å². The second-order valence-electron chi connectivity index (χ2n) is 7.34. The number of sulfonamides is 1. The number of hydrogen-bond donors (Lipinski definition) is 1. The molecule has 10 heteroatoms. The summed E-state index contributed by atoms with van der Waals surface area (Å²) in [6.45, 7) is 4.79. The van der Waals surface area contributed by atoms with E-state index in [4.69, 9.17) is 11.6 Å². The fourth-order valence-corrected chi connectivity index (χ4v) is 4.31. The molecule has 1 saturated heterocycles. The summed E-state index contributed by atoms with van der Waals surface area (Å²) < 4.78 is 25.8. The van der Waals surface area contributed by atoms with Crippen molar-refractivity contribution in [1.82, 2.24) is 14.2 Å². The van der Waals surface area contributed by atoms with Gasteiger partial charge in [0.05, 0.1) is 16.0 Å². The predicted molar refractivity (Wildman–Crippen MR) is 118 cm³/mol. The minimum absolute atomic E-state index is 0.141. The van der Waals surface area contributed by atoms with Crippen LogP contribution in [0.3, 0.4) is 0 Å². The topological polar surface area (TPSA) is 85.8 Å². The lowest BCUT2D eigenvalue weighted by Gasteiger charge is -2.38. The van der Waals surface area contributed by atoms with Crippen LogP contribution in [-0.4, -0.2) is 74.8 Å². The highest BCUT2D eigenvalue weighted by Gasteiger charge is 2.26. The first-order valence-electron chi connectivity index (χ1n) is 9.62. The van der Waals surface area contributed by atoms with Gasteiger partial charge in [-0.1, -0.05) is 17.7 Å². The number of carbonyl (C=O) groups is 1. The van der Waals surface area contributed by atoms with Crippen molar-refractivity contribution in [2.75, 3.05) is 50.5 Å². The van der Waals surface area contributed by atoms with Crippen LogP contribution in [0.5, 0.6) is 0 Å². The van der Waals surface area contributed by atoms with E-state index in [1.54, 1.807) is 18.3 Å². The summed E-state index contributed by atoms with van der Waals surface area (Å²) in [5, 5.41) is 3.44. The van der Waals surface area contributed by atoms with Gasteiger partial charge in [-0.2, -0.15) is 0 Å². The standard InChI is InChI=1S/C20H26ClN5O3S/c1-15(25-9-11-26(12-10-25)19-8-7-16(21)14-22-19)20(27)23-17-5-4-6-18(13-17)30(28,29)24(2)3/h4-8,13-15H,9-12H2,1-3H3,(H,23,27). The molecule has 2 heterocycles. The van der Waals surface area contributed by atoms with Crippen molar-refractivity contribution in [1.29, 1.82) is 0 Å². The number of nitrogens with zero attached hydrogens (tertiary/aromatic N) is 4. The van der Waals surface area contributed by atoms with Crippen LogP contribution in [0.1, 0.15) is 6.92 Å². The minimum atomic E-state index is -3.56. The zero-order valence-corrected chi connectivity index (χ0v) is 18.8. The number of aromatic nitrogens is 1. The smallest absolute Gasteiger partial charge is 0.242 e. The second-order valence-corrected chi connectivity index (χ2v) is 9.93. The molecular weight excluding hydrogens is 426 g/mol. The number of amides is 1. The molecule has 8 nitrogen and oxygen atoms in total. The van der Waals surface area contributed by atoms with E-state index in [0.717, 1.165) is 23.2 Å². The molecule has 1 fully saturated rings. The summed E-state index contributed by atoms with van der Waals surface area (Å²) >= 11 is 5.90. The average Bonchev–Trinajstić information content (AvgIpc) is 2.74. The van der Waals surface area contributed by atoms with E-state index in [2.05, 4.69) is 20.1 Å². The van der Waals surface area contributed by atoms with E-state index in [9.17, 15) is 13.2 Å². The Morgan fingerprint density at radius 3 is 2.47 bits per heavy atom. The number of piperazine rings is 1. The lowest BCUT2D eigenvalue weighted by molar-refractivity contribution is -0.120. The Morgan fingerprint density at radius 1 is 1.17 bits per heavy atom. The number of halogens is 1. The highest BCUT2D eigenvalue weighted by atomic mass is 35.5. The molecule has 2 aromatic rings. The van der Waals surface area contributed by atoms with Crippen LogP contribution < -0.4 is 10.2 Å². The van der Waals surface area contributed by atoms with Gasteiger partial charge in [-0.05, 0) is 37.3 Å². The van der Waals surface area contributed by atoms with E-state index in [0.29, 0.717) is 23.8 Å². The fraction of sp³-hybridized carbons (Fsp3) is 0.400. The lowest BCUT2D eigenvalue weighted by atomic mass is 10.2. The van der Waals surface area contributed by atoms with Crippen LogP contribution in [-0.2, 0) is 14.8 Å². The maximum absolute atomic E-state index is 12.7. The van der Waals surface area contributed by atoms with Gasteiger partial charge in [0.2, 0.25) is 15.9 Å². The quantitative estimate of drug-likeness (QED) is 0.724. The molecule has 0 saturated carbocycles. The Kier molecular flexibility index (Phi) is 6.97. The first-order valence-corrected chi connectivity index (χ1v) is 11.4. The minimum Gasteiger partial charge on any atom is -0.354 e. The molecule has 1 aliphatic heterocycles. The van der Waals surface area contributed by atoms with Gasteiger partial charge in [-0.15, -0.1) is 0 Å². The number of benzene rings is 1. The largest absolute Gasteiger partial charge is 0.354 e. The number of rotatable bonds is 6. The number of anilines is 2. The van der Waals surface area contributed by atoms with Crippen molar-refractivity contribution in [3.8, 4) is 0 Å². The van der Waals surface area contributed by atoms with Crippen LogP contribution in [0.15, 0.2) is 47.5 Å². The third kappa shape index (κ3) is 5.10. The molecule has 1 unspecified atom stereocenters. The van der Waals surface area contributed by atoms with Gasteiger partial charge >= 0.3 is 0 Å². The lowest BCUT2D eigenvalue weighted by Crippen LogP contribution is -2.53. The molecule has 0 bridgehead atoms. The predicted octanol–water partition coefficient (Wildman–Crippen LogP) is 2.13. The second kappa shape index (κ2) is 9.30. The fourth-order valence-electron chi connectivity index (χ4n) is 3.25. The maximum atomic E-state index is 12.7. The SMILES string of the molecule is CC(C(=O)Nc1cccc(S(=O)(=O)N(C)C)c1)N1CCN(c2ccc(Cl)cn2)CC1. The van der Waals surface area contributed by atoms with Gasteiger partial charge in [0.15, 0.2) is 0 Å². The van der Waals surface area contributed by atoms with E-state index in [1.165, 1.54) is 26.2 Å². The van der Waals surface area contributed by atoms with Crippen molar-refractivity contribution < 1.29 is 13.2 Å². The third-order valence-corrected chi connectivity index (χ3v) is 7.19. The third-order valence-electron chi connectivity index (χ3n) is 5.16. The molecule has 0 radical (unpaired) electrons. The number of carbonyl (C=O) groups excluding carboxylic acids is 1. The summed E-state index contributed by atoms with van der Waals surface area (Å²) in [4.78, 5) is 21.5. The first kappa shape index (κ1) is 22.5. The van der Waals surface area contributed by atoms with E-state index in [-0.39, 0.29) is 16.8 Å². The van der Waals surface area contributed by atoms with Gasteiger partial charge in [0.1, 0.15) is 5.82 Å². The van der Waals surface area contributed by atoms with E-state index < -0.39 is 10.0 Å². The van der Waals surface area contributed by atoms with Gasteiger partial charge in [0, 0.05) is 52.2 Å². The molecule has 1 N–H and O–H groups in total. The van der Waals surface area contributed by atoms with Crippen molar-refractivity contribution in [3.63, 3.8) is 0 Å². The summed E-state index contributed by atoms with van der Waals surface area (Å²) in [5.41, 5.74) is 0.457. The van der Waals surface area contributed by atoms with Crippen LogP contribution in [0.2, 0.25) is 5.02 Å². The molecule has 3 rings (SSSR count). The molecule has 1 aromatic heterocycles. The summed E-state index contributed by atoms with van der Waals surface area (Å²) in [6.07, 6.45) is 1.63. The van der Waals surface area contributed by atoms with Crippen LogP contribution in [0.25, 0.3) is 0 Å². The molecule has 162 valence electrons. The molecule has 30 heavy (non-hydrogen) atoms. The molecule has 0 spiro atoms. The Balaban J connectivity index is 1.60. The van der Waals surface area contributed by atoms with Gasteiger partial charge in [0.25, 0.3) is 0 Å². The van der Waals surface area contributed by atoms with Crippen molar-refractivity contribution in [2.45, 2.75) is 17.9 Å².